The fourth-order valence-electron chi connectivity index (χ4n) is 1.82. The molecule has 0 aliphatic carbocycles. The molecule has 2 N–H and O–H groups in total. The van der Waals surface area contributed by atoms with Crippen LogP contribution in [-0.4, -0.2) is 26.8 Å². The number of nitrogens with one attached hydrogen (secondary N) is 2. The minimum absolute atomic E-state index is 0.296. The van der Waals surface area contributed by atoms with E-state index in [0.29, 0.717) is 13.1 Å². The van der Waals surface area contributed by atoms with E-state index in [1.165, 1.54) is 0 Å². The highest BCUT2D eigenvalue weighted by atomic mass is 79.9. The summed E-state index contributed by atoms with van der Waals surface area (Å²) in [7, 11) is -3.20. The molecule has 0 spiro atoms. The van der Waals surface area contributed by atoms with Crippen molar-refractivity contribution in [1.29, 1.82) is 0 Å². The lowest BCUT2D eigenvalue weighted by Crippen LogP contribution is -2.43. The van der Waals surface area contributed by atoms with Crippen molar-refractivity contribution in [2.45, 2.75) is 24.6 Å². The molecule has 96 valence electrons. The Morgan fingerprint density at radius 3 is 3.00 bits per heavy atom. The van der Waals surface area contributed by atoms with Crippen molar-refractivity contribution in [3.05, 3.63) is 20.8 Å². The maximum atomic E-state index is 12.0. The molecular formula is C10H15BrN2O2S2. The van der Waals surface area contributed by atoms with Crippen LogP contribution >= 0.6 is 27.3 Å². The first-order valence-electron chi connectivity index (χ1n) is 5.50. The number of piperidine rings is 1. The van der Waals surface area contributed by atoms with Gasteiger partial charge in [-0.15, -0.1) is 11.3 Å². The number of rotatable bonds is 4. The van der Waals surface area contributed by atoms with Crippen LogP contribution in [0.4, 0.5) is 0 Å². The second-order valence-electron chi connectivity index (χ2n) is 4.03. The third kappa shape index (κ3) is 3.51. The van der Waals surface area contributed by atoms with Gasteiger partial charge in [0, 0.05) is 22.4 Å². The third-order valence-electron chi connectivity index (χ3n) is 2.82. The van der Waals surface area contributed by atoms with Crippen molar-refractivity contribution >= 4 is 37.3 Å². The largest absolute Gasteiger partial charge is 0.315 e. The van der Waals surface area contributed by atoms with Crippen LogP contribution < -0.4 is 10.0 Å². The molecule has 0 saturated carbocycles. The summed E-state index contributed by atoms with van der Waals surface area (Å²) in [6.45, 7) is 1.85. The van der Waals surface area contributed by atoms with Crippen molar-refractivity contribution in [1.82, 2.24) is 10.0 Å². The lowest BCUT2D eigenvalue weighted by Gasteiger charge is -2.22. The molecule has 17 heavy (non-hydrogen) atoms. The normalized spacial score (nSPS) is 21.6. The maximum absolute atomic E-state index is 12.0. The van der Waals surface area contributed by atoms with E-state index in [-0.39, 0.29) is 5.25 Å². The van der Waals surface area contributed by atoms with Crippen molar-refractivity contribution in [3.8, 4) is 0 Å². The summed E-state index contributed by atoms with van der Waals surface area (Å²) in [6.07, 6.45) is 1.67. The Balaban J connectivity index is 1.95. The van der Waals surface area contributed by atoms with Crippen LogP contribution in [0.3, 0.4) is 0 Å². The van der Waals surface area contributed by atoms with Crippen LogP contribution in [0.25, 0.3) is 0 Å². The highest BCUT2D eigenvalue weighted by molar-refractivity contribution is 9.10. The molecule has 1 atom stereocenters. The molecule has 2 rings (SSSR count). The summed E-state index contributed by atoms with van der Waals surface area (Å²) in [4.78, 5) is 1.01. The molecule has 0 bridgehead atoms. The molecule has 1 aromatic rings. The van der Waals surface area contributed by atoms with E-state index in [0.717, 1.165) is 28.7 Å². The van der Waals surface area contributed by atoms with Crippen LogP contribution in [-0.2, 0) is 16.6 Å². The predicted molar refractivity (Wildman–Crippen MR) is 73.7 cm³/mol. The van der Waals surface area contributed by atoms with E-state index >= 15 is 0 Å². The third-order valence-corrected chi connectivity index (χ3v) is 6.57. The molecular weight excluding hydrogens is 324 g/mol. The lowest BCUT2D eigenvalue weighted by molar-refractivity contribution is 0.490. The minimum atomic E-state index is -3.20. The van der Waals surface area contributed by atoms with Gasteiger partial charge in [0.25, 0.3) is 0 Å². The summed E-state index contributed by atoms with van der Waals surface area (Å²) < 4.78 is 27.7. The second-order valence-corrected chi connectivity index (χ2v) is 7.93. The lowest BCUT2D eigenvalue weighted by atomic mass is 10.2. The van der Waals surface area contributed by atoms with E-state index in [1.807, 2.05) is 11.4 Å². The zero-order chi connectivity index (χ0) is 12.3. The van der Waals surface area contributed by atoms with Gasteiger partial charge in [-0.3, -0.25) is 0 Å². The predicted octanol–water partition coefficient (Wildman–Crippen LogP) is 1.68. The topological polar surface area (TPSA) is 58.2 Å². The molecule has 0 radical (unpaired) electrons. The van der Waals surface area contributed by atoms with Crippen LogP contribution in [0.1, 0.15) is 17.7 Å². The van der Waals surface area contributed by atoms with Gasteiger partial charge in [-0.1, -0.05) is 0 Å². The molecule has 0 aromatic carbocycles. The Hall–Kier alpha value is 0.0500. The van der Waals surface area contributed by atoms with Gasteiger partial charge in [0.2, 0.25) is 10.0 Å². The monoisotopic (exact) mass is 338 g/mol. The SMILES string of the molecule is O=S(=O)(NCc1sccc1Br)C1CCCNC1. The van der Waals surface area contributed by atoms with Gasteiger partial charge < -0.3 is 5.32 Å². The Bertz CT molecular complexity index is 466. The molecule has 1 unspecified atom stereocenters. The number of thiophene rings is 1. The van der Waals surface area contributed by atoms with Crippen molar-refractivity contribution in [2.24, 2.45) is 0 Å². The molecule has 0 amide bonds. The Labute approximate surface area is 114 Å². The van der Waals surface area contributed by atoms with Gasteiger partial charge in [-0.25, -0.2) is 13.1 Å². The first-order valence-corrected chi connectivity index (χ1v) is 8.72. The van der Waals surface area contributed by atoms with Gasteiger partial charge in [0.1, 0.15) is 0 Å². The molecule has 2 heterocycles. The molecule has 1 aliphatic rings. The van der Waals surface area contributed by atoms with Crippen molar-refractivity contribution < 1.29 is 8.42 Å². The van der Waals surface area contributed by atoms with E-state index in [1.54, 1.807) is 11.3 Å². The second kappa shape index (κ2) is 5.79. The van der Waals surface area contributed by atoms with Gasteiger partial charge in [0.15, 0.2) is 0 Å². The van der Waals surface area contributed by atoms with E-state index < -0.39 is 10.0 Å². The zero-order valence-electron chi connectivity index (χ0n) is 9.28. The minimum Gasteiger partial charge on any atom is -0.315 e. The van der Waals surface area contributed by atoms with Crippen LogP contribution in [0, 0.1) is 0 Å². The van der Waals surface area contributed by atoms with Gasteiger partial charge in [-0.2, -0.15) is 0 Å². The summed E-state index contributed by atoms with van der Waals surface area (Å²) in [5.74, 6) is 0. The molecule has 7 heteroatoms. The molecule has 1 aromatic heterocycles. The maximum Gasteiger partial charge on any atom is 0.216 e. The summed E-state index contributed by atoms with van der Waals surface area (Å²) in [5.41, 5.74) is 0. The zero-order valence-corrected chi connectivity index (χ0v) is 12.5. The first kappa shape index (κ1) is 13.5. The number of halogens is 1. The molecule has 4 nitrogen and oxygen atoms in total. The smallest absolute Gasteiger partial charge is 0.216 e. The fourth-order valence-corrected chi connectivity index (χ4v) is 4.74. The quantitative estimate of drug-likeness (QED) is 0.878. The average Bonchev–Trinajstić information content (AvgIpc) is 2.74. The van der Waals surface area contributed by atoms with Crippen LogP contribution in [0.5, 0.6) is 0 Å². The van der Waals surface area contributed by atoms with Crippen LogP contribution in [0.2, 0.25) is 0 Å². The molecule has 1 saturated heterocycles. The van der Waals surface area contributed by atoms with Gasteiger partial charge in [-0.05, 0) is 46.8 Å². The molecule has 1 aliphatic heterocycles. The van der Waals surface area contributed by atoms with Crippen LogP contribution in [0.15, 0.2) is 15.9 Å². The molecule has 1 fully saturated rings. The Kier molecular flexibility index (Phi) is 4.59. The summed E-state index contributed by atoms with van der Waals surface area (Å²) in [6, 6.07) is 1.93. The Morgan fingerprint density at radius 1 is 1.59 bits per heavy atom. The summed E-state index contributed by atoms with van der Waals surface area (Å²) in [5, 5.41) is 4.76. The van der Waals surface area contributed by atoms with E-state index in [4.69, 9.17) is 0 Å². The number of hydrogen-bond donors (Lipinski definition) is 2. The Morgan fingerprint density at radius 2 is 2.41 bits per heavy atom. The van der Waals surface area contributed by atoms with E-state index in [2.05, 4.69) is 26.0 Å². The standard InChI is InChI=1S/C10H15BrN2O2S2/c11-9-3-5-16-10(9)7-13-17(14,15)8-2-1-4-12-6-8/h3,5,8,12-13H,1-2,4,6-7H2. The first-order chi connectivity index (χ1) is 8.09. The highest BCUT2D eigenvalue weighted by Crippen LogP contribution is 2.22. The average molecular weight is 339 g/mol. The van der Waals surface area contributed by atoms with Crippen molar-refractivity contribution in [3.63, 3.8) is 0 Å². The number of sulfonamides is 1. The van der Waals surface area contributed by atoms with E-state index in [9.17, 15) is 8.42 Å². The number of hydrogen-bond acceptors (Lipinski definition) is 4. The summed E-state index contributed by atoms with van der Waals surface area (Å²) >= 11 is 4.94. The van der Waals surface area contributed by atoms with Gasteiger partial charge >= 0.3 is 0 Å². The highest BCUT2D eigenvalue weighted by Gasteiger charge is 2.26. The van der Waals surface area contributed by atoms with Crippen molar-refractivity contribution in [2.75, 3.05) is 13.1 Å². The fraction of sp³-hybridized carbons (Fsp3) is 0.600. The van der Waals surface area contributed by atoms with Gasteiger partial charge in [0.05, 0.1) is 5.25 Å².